The number of hydrogen-bond donors (Lipinski definition) is 2. The van der Waals surface area contributed by atoms with Gasteiger partial charge in [0.25, 0.3) is 0 Å². The number of nitrogens with one attached hydrogen (secondary N) is 2. The molecular formula is C24H28N2O2S. The molecule has 2 amide bonds. The molecule has 5 heteroatoms. The molecule has 1 aliphatic heterocycles. The Hall–Kier alpha value is -2.27. The van der Waals surface area contributed by atoms with Gasteiger partial charge >= 0.3 is 0 Å². The standard InChI is InChI=1S/C24H28N2O2S/c1-29-21-8-6-17(7-9-21)16-24(13-11-23(28)26-24)12-10-22(27)25-20-14-18-4-2-3-5-19(18)15-20/h2-9,20H,10-16H2,1H3,(H,25,27)(H,26,28). The minimum atomic E-state index is -0.312. The van der Waals surface area contributed by atoms with Crippen LogP contribution in [0.25, 0.3) is 0 Å². The van der Waals surface area contributed by atoms with Gasteiger partial charge in [-0.05, 0) is 67.2 Å². The maximum absolute atomic E-state index is 12.6. The molecule has 1 heterocycles. The van der Waals surface area contributed by atoms with Crippen LogP contribution in [-0.2, 0) is 28.9 Å². The van der Waals surface area contributed by atoms with E-state index in [4.69, 9.17) is 0 Å². The first kappa shape index (κ1) is 20.0. The molecule has 0 bridgehead atoms. The summed E-state index contributed by atoms with van der Waals surface area (Å²) in [5.41, 5.74) is 3.57. The highest BCUT2D eigenvalue weighted by molar-refractivity contribution is 7.98. The largest absolute Gasteiger partial charge is 0.353 e. The molecule has 29 heavy (non-hydrogen) atoms. The van der Waals surface area contributed by atoms with Crippen LogP contribution in [0.2, 0.25) is 0 Å². The summed E-state index contributed by atoms with van der Waals surface area (Å²) in [4.78, 5) is 25.9. The SMILES string of the molecule is CSc1ccc(CC2(CCC(=O)NC3Cc4ccccc4C3)CCC(=O)N2)cc1. The van der Waals surface area contributed by atoms with E-state index in [9.17, 15) is 9.59 Å². The molecule has 0 radical (unpaired) electrons. The first-order chi connectivity index (χ1) is 14.0. The molecular weight excluding hydrogens is 380 g/mol. The highest BCUT2D eigenvalue weighted by Crippen LogP contribution is 2.30. The maximum atomic E-state index is 12.6. The van der Waals surface area contributed by atoms with Gasteiger partial charge in [-0.2, -0.15) is 0 Å². The van der Waals surface area contributed by atoms with E-state index in [2.05, 4.69) is 65.4 Å². The lowest BCUT2D eigenvalue weighted by atomic mass is 9.85. The van der Waals surface area contributed by atoms with Crippen molar-refractivity contribution in [1.82, 2.24) is 10.6 Å². The number of hydrogen-bond acceptors (Lipinski definition) is 3. The van der Waals surface area contributed by atoms with Crippen molar-refractivity contribution in [2.24, 2.45) is 0 Å². The third kappa shape index (κ3) is 4.84. The first-order valence-corrected chi connectivity index (χ1v) is 11.6. The third-order valence-electron chi connectivity index (χ3n) is 6.18. The molecule has 2 aromatic rings. The predicted molar refractivity (Wildman–Crippen MR) is 117 cm³/mol. The summed E-state index contributed by atoms with van der Waals surface area (Å²) < 4.78 is 0. The number of thioether (sulfide) groups is 1. The molecule has 0 saturated carbocycles. The Balaban J connectivity index is 1.34. The maximum Gasteiger partial charge on any atom is 0.220 e. The van der Waals surface area contributed by atoms with E-state index in [1.807, 2.05) is 0 Å². The Bertz CT molecular complexity index is 871. The zero-order chi connectivity index (χ0) is 20.3. The van der Waals surface area contributed by atoms with Gasteiger partial charge in [0.1, 0.15) is 0 Å². The van der Waals surface area contributed by atoms with Crippen LogP contribution in [0.3, 0.4) is 0 Å². The molecule has 1 saturated heterocycles. The zero-order valence-electron chi connectivity index (χ0n) is 16.9. The summed E-state index contributed by atoms with van der Waals surface area (Å²) in [6.45, 7) is 0. The Morgan fingerprint density at radius 3 is 2.41 bits per heavy atom. The number of benzene rings is 2. The van der Waals surface area contributed by atoms with Gasteiger partial charge in [0.05, 0.1) is 0 Å². The van der Waals surface area contributed by atoms with Gasteiger partial charge in [-0.15, -0.1) is 11.8 Å². The summed E-state index contributed by atoms with van der Waals surface area (Å²) in [7, 11) is 0. The van der Waals surface area contributed by atoms with Crippen molar-refractivity contribution in [2.45, 2.75) is 61.4 Å². The number of fused-ring (bicyclic) bond motifs is 1. The Labute approximate surface area is 176 Å². The Kier molecular flexibility index (Phi) is 5.95. The molecule has 1 unspecified atom stereocenters. The van der Waals surface area contributed by atoms with Crippen LogP contribution < -0.4 is 10.6 Å². The van der Waals surface area contributed by atoms with E-state index in [1.54, 1.807) is 11.8 Å². The molecule has 4 nitrogen and oxygen atoms in total. The Morgan fingerprint density at radius 2 is 1.83 bits per heavy atom. The number of rotatable bonds is 7. The van der Waals surface area contributed by atoms with Gasteiger partial charge in [-0.25, -0.2) is 0 Å². The highest BCUT2D eigenvalue weighted by atomic mass is 32.2. The van der Waals surface area contributed by atoms with Crippen molar-refractivity contribution in [3.05, 3.63) is 65.2 Å². The van der Waals surface area contributed by atoms with Crippen LogP contribution in [0.4, 0.5) is 0 Å². The van der Waals surface area contributed by atoms with E-state index in [0.29, 0.717) is 19.3 Å². The molecule has 2 aromatic carbocycles. The van der Waals surface area contributed by atoms with Crippen molar-refractivity contribution >= 4 is 23.6 Å². The lowest BCUT2D eigenvalue weighted by Gasteiger charge is -2.29. The monoisotopic (exact) mass is 408 g/mol. The van der Waals surface area contributed by atoms with Crippen LogP contribution in [0.5, 0.6) is 0 Å². The molecule has 0 spiro atoms. The lowest BCUT2D eigenvalue weighted by Crippen LogP contribution is -2.45. The molecule has 1 aliphatic carbocycles. The van der Waals surface area contributed by atoms with Crippen molar-refractivity contribution in [3.8, 4) is 0 Å². The summed E-state index contributed by atoms with van der Waals surface area (Å²) in [6.07, 6.45) is 7.10. The minimum Gasteiger partial charge on any atom is -0.353 e. The first-order valence-electron chi connectivity index (χ1n) is 10.4. The number of carbonyl (C=O) groups is 2. The second kappa shape index (κ2) is 8.62. The minimum absolute atomic E-state index is 0.0843. The van der Waals surface area contributed by atoms with Gasteiger partial charge in [0.2, 0.25) is 11.8 Å². The van der Waals surface area contributed by atoms with E-state index >= 15 is 0 Å². The van der Waals surface area contributed by atoms with Crippen LogP contribution in [0.1, 0.15) is 42.4 Å². The van der Waals surface area contributed by atoms with Crippen LogP contribution in [0, 0.1) is 0 Å². The van der Waals surface area contributed by atoms with Gasteiger partial charge in [-0.3, -0.25) is 9.59 Å². The van der Waals surface area contributed by atoms with Gasteiger partial charge in [0, 0.05) is 29.3 Å². The highest BCUT2D eigenvalue weighted by Gasteiger charge is 2.38. The molecule has 152 valence electrons. The zero-order valence-corrected chi connectivity index (χ0v) is 17.7. The van der Waals surface area contributed by atoms with E-state index < -0.39 is 0 Å². The summed E-state index contributed by atoms with van der Waals surface area (Å²) in [5.74, 6) is 0.179. The van der Waals surface area contributed by atoms with Crippen molar-refractivity contribution in [1.29, 1.82) is 0 Å². The number of carbonyl (C=O) groups excluding carboxylic acids is 2. The fourth-order valence-corrected chi connectivity index (χ4v) is 5.04. The van der Waals surface area contributed by atoms with E-state index in [0.717, 1.165) is 25.7 Å². The second-order valence-corrected chi connectivity index (χ2v) is 9.17. The summed E-state index contributed by atoms with van der Waals surface area (Å²) in [5, 5.41) is 6.39. The normalized spacial score (nSPS) is 21.1. The Morgan fingerprint density at radius 1 is 1.14 bits per heavy atom. The average Bonchev–Trinajstić information content (AvgIpc) is 3.30. The van der Waals surface area contributed by atoms with Crippen LogP contribution in [0.15, 0.2) is 53.4 Å². The average molecular weight is 409 g/mol. The van der Waals surface area contributed by atoms with E-state index in [-0.39, 0.29) is 23.4 Å². The van der Waals surface area contributed by atoms with Crippen LogP contribution >= 0.6 is 11.8 Å². The lowest BCUT2D eigenvalue weighted by molar-refractivity contribution is -0.123. The summed E-state index contributed by atoms with van der Waals surface area (Å²) >= 11 is 1.72. The second-order valence-electron chi connectivity index (χ2n) is 8.29. The van der Waals surface area contributed by atoms with Crippen molar-refractivity contribution < 1.29 is 9.59 Å². The van der Waals surface area contributed by atoms with Crippen molar-refractivity contribution in [3.63, 3.8) is 0 Å². The molecule has 1 atom stereocenters. The molecule has 2 aliphatic rings. The summed E-state index contributed by atoms with van der Waals surface area (Å²) in [6, 6.07) is 17.1. The number of amides is 2. The molecule has 0 aromatic heterocycles. The van der Waals surface area contributed by atoms with Crippen molar-refractivity contribution in [2.75, 3.05) is 6.26 Å². The smallest absolute Gasteiger partial charge is 0.220 e. The molecule has 2 N–H and O–H groups in total. The van der Waals surface area contributed by atoms with Gasteiger partial charge in [0.15, 0.2) is 0 Å². The topological polar surface area (TPSA) is 58.2 Å². The van der Waals surface area contributed by atoms with Gasteiger partial charge < -0.3 is 10.6 Å². The fourth-order valence-electron chi connectivity index (χ4n) is 4.63. The van der Waals surface area contributed by atoms with E-state index in [1.165, 1.54) is 21.6 Å². The molecule has 4 rings (SSSR count). The third-order valence-corrected chi connectivity index (χ3v) is 6.93. The predicted octanol–water partition coefficient (Wildman–Crippen LogP) is 3.66. The quantitative estimate of drug-likeness (QED) is 0.688. The van der Waals surface area contributed by atoms with Crippen LogP contribution in [-0.4, -0.2) is 29.7 Å². The molecule has 1 fully saturated rings. The fraction of sp³-hybridized carbons (Fsp3) is 0.417. The van der Waals surface area contributed by atoms with Gasteiger partial charge in [-0.1, -0.05) is 36.4 Å².